The Morgan fingerprint density at radius 1 is 1.13 bits per heavy atom. The zero-order valence-electron chi connectivity index (χ0n) is 12.0. The Kier molecular flexibility index (Phi) is 3.83. The van der Waals surface area contributed by atoms with Crippen LogP contribution in [0.5, 0.6) is 0 Å². The van der Waals surface area contributed by atoms with E-state index in [9.17, 15) is 13.2 Å². The van der Waals surface area contributed by atoms with Gasteiger partial charge in [0.05, 0.1) is 10.6 Å². The van der Waals surface area contributed by atoms with Crippen molar-refractivity contribution in [3.8, 4) is 0 Å². The lowest BCUT2D eigenvalue weighted by Gasteiger charge is -2.04. The maximum atomic E-state index is 12.2. The predicted molar refractivity (Wildman–Crippen MR) is 88.1 cm³/mol. The topological polar surface area (TPSA) is 87.6 Å². The SMILES string of the molecule is Cc1ccc(S(=O)(=O)NN=C2C(=O)Nc3cc(Cl)ccc32)cc1. The molecular formula is C15H12ClN3O3S. The molecule has 0 radical (unpaired) electrons. The van der Waals surface area contributed by atoms with Crippen molar-refractivity contribution in [2.45, 2.75) is 11.8 Å². The number of rotatable bonds is 3. The van der Waals surface area contributed by atoms with Crippen LogP contribution in [0.4, 0.5) is 5.69 Å². The van der Waals surface area contributed by atoms with E-state index in [2.05, 4.69) is 15.2 Å². The molecule has 1 aliphatic rings. The number of hydrogen-bond acceptors (Lipinski definition) is 4. The number of hydrogen-bond donors (Lipinski definition) is 2. The fourth-order valence-corrected chi connectivity index (χ4v) is 3.10. The summed E-state index contributed by atoms with van der Waals surface area (Å²) >= 11 is 5.86. The number of fused-ring (bicyclic) bond motifs is 1. The van der Waals surface area contributed by atoms with Gasteiger partial charge in [0.1, 0.15) is 0 Å². The number of hydrazone groups is 1. The summed E-state index contributed by atoms with van der Waals surface area (Å²) < 4.78 is 24.4. The highest BCUT2D eigenvalue weighted by Crippen LogP contribution is 2.26. The summed E-state index contributed by atoms with van der Waals surface area (Å²) in [5.74, 6) is -0.492. The van der Waals surface area contributed by atoms with Crippen LogP contribution in [0.2, 0.25) is 5.02 Å². The van der Waals surface area contributed by atoms with Crippen LogP contribution in [0, 0.1) is 6.92 Å². The van der Waals surface area contributed by atoms with Gasteiger partial charge in [-0.3, -0.25) is 4.79 Å². The molecule has 1 heterocycles. The van der Waals surface area contributed by atoms with Crippen LogP contribution in [-0.2, 0) is 14.8 Å². The molecule has 0 unspecified atom stereocenters. The van der Waals surface area contributed by atoms with Gasteiger partial charge >= 0.3 is 0 Å². The summed E-state index contributed by atoms with van der Waals surface area (Å²) in [7, 11) is -3.84. The van der Waals surface area contributed by atoms with Gasteiger partial charge in [-0.25, -0.2) is 0 Å². The van der Waals surface area contributed by atoms with Crippen molar-refractivity contribution in [3.05, 3.63) is 58.6 Å². The van der Waals surface area contributed by atoms with Gasteiger partial charge in [0.25, 0.3) is 15.9 Å². The average Bonchev–Trinajstić information content (AvgIpc) is 2.80. The standard InChI is InChI=1S/C15H12ClN3O3S/c1-9-2-5-11(6-3-9)23(21,22)19-18-14-12-7-4-10(16)8-13(12)17-15(14)20/h2-8,19H,1H3,(H,17,18,20). The molecule has 2 aromatic rings. The Morgan fingerprint density at radius 2 is 1.83 bits per heavy atom. The number of nitrogens with zero attached hydrogens (tertiary/aromatic N) is 1. The lowest BCUT2D eigenvalue weighted by atomic mass is 10.1. The molecule has 0 aromatic heterocycles. The second kappa shape index (κ2) is 5.68. The molecule has 6 nitrogen and oxygen atoms in total. The van der Waals surface area contributed by atoms with Crippen LogP contribution >= 0.6 is 11.6 Å². The highest BCUT2D eigenvalue weighted by atomic mass is 35.5. The van der Waals surface area contributed by atoms with Gasteiger partial charge in [-0.1, -0.05) is 29.3 Å². The maximum Gasteiger partial charge on any atom is 0.276 e. The maximum absolute atomic E-state index is 12.2. The van der Waals surface area contributed by atoms with E-state index in [0.717, 1.165) is 5.56 Å². The van der Waals surface area contributed by atoms with Crippen LogP contribution in [0.25, 0.3) is 0 Å². The van der Waals surface area contributed by atoms with E-state index in [1.54, 1.807) is 30.3 Å². The Balaban J connectivity index is 1.91. The first-order valence-corrected chi connectivity index (χ1v) is 8.50. The molecule has 1 aliphatic heterocycles. The van der Waals surface area contributed by atoms with Crippen molar-refractivity contribution in [1.29, 1.82) is 0 Å². The fraction of sp³-hybridized carbons (Fsp3) is 0.0667. The second-order valence-electron chi connectivity index (χ2n) is 5.01. The molecule has 118 valence electrons. The molecule has 0 aliphatic carbocycles. The fourth-order valence-electron chi connectivity index (χ4n) is 2.12. The molecule has 0 fully saturated rings. The molecule has 0 atom stereocenters. The smallest absolute Gasteiger partial charge is 0.276 e. The number of halogens is 1. The summed E-state index contributed by atoms with van der Waals surface area (Å²) in [6.45, 7) is 1.86. The highest BCUT2D eigenvalue weighted by Gasteiger charge is 2.27. The number of sulfonamides is 1. The first kappa shape index (κ1) is 15.5. The highest BCUT2D eigenvalue weighted by molar-refractivity contribution is 7.89. The van der Waals surface area contributed by atoms with Crippen molar-refractivity contribution in [2.75, 3.05) is 5.32 Å². The van der Waals surface area contributed by atoms with Gasteiger partial charge in [-0.2, -0.15) is 18.4 Å². The normalized spacial score (nSPS) is 15.4. The van der Waals surface area contributed by atoms with Gasteiger partial charge in [-0.15, -0.1) is 0 Å². The minimum Gasteiger partial charge on any atom is -0.320 e. The summed E-state index contributed by atoms with van der Waals surface area (Å²) in [5, 5.41) is 6.82. The molecule has 3 rings (SSSR count). The molecule has 0 bridgehead atoms. The zero-order valence-corrected chi connectivity index (χ0v) is 13.6. The number of anilines is 1. The zero-order chi connectivity index (χ0) is 16.6. The van der Waals surface area contributed by atoms with E-state index in [0.29, 0.717) is 16.3 Å². The number of aryl methyl sites for hydroxylation is 1. The minimum absolute atomic E-state index is 0.00708. The summed E-state index contributed by atoms with van der Waals surface area (Å²) in [4.78, 5) is 14.1. The minimum atomic E-state index is -3.84. The summed E-state index contributed by atoms with van der Waals surface area (Å²) in [5.41, 5.74) is 1.92. The van der Waals surface area contributed by atoms with Crippen LogP contribution in [-0.4, -0.2) is 20.0 Å². The number of nitrogens with one attached hydrogen (secondary N) is 2. The molecule has 23 heavy (non-hydrogen) atoms. The third-order valence-electron chi connectivity index (χ3n) is 3.31. The number of benzene rings is 2. The van der Waals surface area contributed by atoms with Crippen molar-refractivity contribution >= 4 is 38.9 Å². The Hall–Kier alpha value is -2.38. The van der Waals surface area contributed by atoms with E-state index in [-0.39, 0.29) is 10.6 Å². The summed E-state index contributed by atoms with van der Waals surface area (Å²) in [6.07, 6.45) is 0. The molecule has 2 N–H and O–H groups in total. The van der Waals surface area contributed by atoms with Gasteiger partial charge < -0.3 is 5.32 Å². The summed E-state index contributed by atoms with van der Waals surface area (Å²) in [6, 6.07) is 11.1. The van der Waals surface area contributed by atoms with E-state index in [1.165, 1.54) is 12.1 Å². The second-order valence-corrected chi connectivity index (χ2v) is 7.11. The van der Waals surface area contributed by atoms with E-state index in [1.807, 2.05) is 6.92 Å². The van der Waals surface area contributed by atoms with Crippen molar-refractivity contribution in [3.63, 3.8) is 0 Å². The van der Waals surface area contributed by atoms with Crippen LogP contribution in [0.1, 0.15) is 11.1 Å². The third kappa shape index (κ3) is 3.06. The van der Waals surface area contributed by atoms with Gasteiger partial charge in [-0.05, 0) is 37.3 Å². The number of carbonyl (C=O) groups is 1. The quantitative estimate of drug-likeness (QED) is 0.833. The monoisotopic (exact) mass is 349 g/mol. The average molecular weight is 350 g/mol. The van der Waals surface area contributed by atoms with Gasteiger partial charge in [0.2, 0.25) is 0 Å². The number of carbonyl (C=O) groups excluding carboxylic acids is 1. The molecule has 0 saturated carbocycles. The molecule has 2 aromatic carbocycles. The third-order valence-corrected chi connectivity index (χ3v) is 4.77. The predicted octanol–water partition coefficient (Wildman–Crippen LogP) is 2.28. The van der Waals surface area contributed by atoms with Gasteiger partial charge in [0.15, 0.2) is 5.71 Å². The van der Waals surface area contributed by atoms with Crippen LogP contribution in [0.3, 0.4) is 0 Å². The first-order valence-electron chi connectivity index (χ1n) is 6.64. The lowest BCUT2D eigenvalue weighted by molar-refractivity contribution is -0.110. The Bertz CT molecular complexity index is 921. The van der Waals surface area contributed by atoms with Crippen LogP contribution < -0.4 is 10.1 Å². The van der Waals surface area contributed by atoms with Gasteiger partial charge in [0, 0.05) is 10.6 Å². The van der Waals surface area contributed by atoms with Crippen molar-refractivity contribution in [2.24, 2.45) is 5.10 Å². The lowest BCUT2D eigenvalue weighted by Crippen LogP contribution is -2.23. The number of amides is 1. The largest absolute Gasteiger partial charge is 0.320 e. The van der Waals surface area contributed by atoms with Crippen LogP contribution in [0.15, 0.2) is 52.5 Å². The Morgan fingerprint density at radius 3 is 2.52 bits per heavy atom. The molecule has 0 saturated heterocycles. The van der Waals surface area contributed by atoms with E-state index in [4.69, 9.17) is 11.6 Å². The molecule has 8 heteroatoms. The first-order chi connectivity index (χ1) is 10.9. The molecule has 0 spiro atoms. The van der Waals surface area contributed by atoms with E-state index < -0.39 is 15.9 Å². The van der Waals surface area contributed by atoms with E-state index >= 15 is 0 Å². The Labute approximate surface area is 138 Å². The molecule has 1 amide bonds. The molecular weight excluding hydrogens is 338 g/mol. The van der Waals surface area contributed by atoms with Crippen molar-refractivity contribution < 1.29 is 13.2 Å². The van der Waals surface area contributed by atoms with Crippen molar-refractivity contribution in [1.82, 2.24) is 4.83 Å².